The molecule has 2 saturated heterocycles. The van der Waals surface area contributed by atoms with E-state index in [-0.39, 0.29) is 15.6 Å². The van der Waals surface area contributed by atoms with E-state index in [9.17, 15) is 9.36 Å². The number of benzene rings is 1. The number of nitrogens with zero attached hydrogens (tertiary/aromatic N) is 2. The summed E-state index contributed by atoms with van der Waals surface area (Å²) in [5.41, 5.74) is 0.123. The number of carbonyl (C=O) groups excluding carboxylic acids is 1. The summed E-state index contributed by atoms with van der Waals surface area (Å²) in [5.74, 6) is -0.572. The minimum absolute atomic E-state index is 0.123. The maximum atomic E-state index is 13.4. The molecule has 3 rings (SSSR count). The van der Waals surface area contributed by atoms with E-state index in [2.05, 4.69) is 15.5 Å². The minimum Gasteiger partial charge on any atom is -0.277 e. The molecule has 10 heteroatoms. The second-order valence-electron chi connectivity index (χ2n) is 6.24. The fourth-order valence-corrected chi connectivity index (χ4v) is 5.33. The largest absolute Gasteiger partial charge is 0.332 e. The third-order valence-corrected chi connectivity index (χ3v) is 6.50. The Morgan fingerprint density at radius 2 is 1.36 bits per heavy atom. The van der Waals surface area contributed by atoms with Crippen LogP contribution in [-0.2, 0) is 4.57 Å². The van der Waals surface area contributed by atoms with Crippen LogP contribution in [-0.4, -0.2) is 42.1 Å². The summed E-state index contributed by atoms with van der Waals surface area (Å²) in [7, 11) is -3.44. The van der Waals surface area contributed by atoms with Crippen molar-refractivity contribution in [2.75, 3.05) is 26.2 Å². The van der Waals surface area contributed by atoms with Crippen LogP contribution in [0.25, 0.3) is 0 Å². The zero-order valence-corrected chi connectivity index (χ0v) is 16.2. The number of nitrogens with one attached hydrogen (secondary N) is 3. The van der Waals surface area contributed by atoms with E-state index in [1.807, 2.05) is 10.0 Å². The molecule has 0 bridgehead atoms. The van der Waals surface area contributed by atoms with Crippen LogP contribution >= 0.6 is 30.8 Å². The summed E-state index contributed by atoms with van der Waals surface area (Å²) in [6, 6.07) is 4.82. The molecule has 0 saturated carbocycles. The molecule has 7 nitrogen and oxygen atoms in total. The smallest absolute Gasteiger partial charge is 0.277 e. The Hall–Kier alpha value is -0.660. The van der Waals surface area contributed by atoms with Crippen molar-refractivity contribution < 1.29 is 9.36 Å². The highest BCUT2D eigenvalue weighted by Crippen LogP contribution is 2.35. The lowest BCUT2D eigenvalue weighted by molar-refractivity contribution is 0.0976. The van der Waals surface area contributed by atoms with E-state index in [1.165, 1.54) is 0 Å². The van der Waals surface area contributed by atoms with Gasteiger partial charge in [-0.05, 0) is 37.8 Å². The van der Waals surface area contributed by atoms with Gasteiger partial charge in [0.05, 0.1) is 15.6 Å². The topological polar surface area (TPSA) is 76.7 Å². The Morgan fingerprint density at radius 1 is 0.920 bits per heavy atom. The van der Waals surface area contributed by atoms with Crippen LogP contribution in [0.2, 0.25) is 10.0 Å². The van der Waals surface area contributed by atoms with Gasteiger partial charge in [-0.1, -0.05) is 29.3 Å². The first-order valence-electron chi connectivity index (χ1n) is 8.39. The molecule has 0 unspecified atom stereocenters. The van der Waals surface area contributed by atoms with Gasteiger partial charge in [0.2, 0.25) is 0 Å². The molecule has 1 aromatic rings. The van der Waals surface area contributed by atoms with Gasteiger partial charge < -0.3 is 0 Å². The SMILES string of the molecule is O=C(NP(=O)(NN1CCCC1)NN1CCCC1)c1c(Cl)cccc1Cl. The van der Waals surface area contributed by atoms with Crippen molar-refractivity contribution in [3.63, 3.8) is 0 Å². The van der Waals surface area contributed by atoms with Gasteiger partial charge in [0, 0.05) is 26.2 Å². The average molecular weight is 406 g/mol. The molecule has 3 N–H and O–H groups in total. The number of carbonyl (C=O) groups is 1. The molecular weight excluding hydrogens is 384 g/mol. The van der Waals surface area contributed by atoms with Crippen molar-refractivity contribution in [2.24, 2.45) is 0 Å². The third kappa shape index (κ3) is 4.95. The van der Waals surface area contributed by atoms with E-state index in [0.717, 1.165) is 51.9 Å². The van der Waals surface area contributed by atoms with Crippen LogP contribution in [0.1, 0.15) is 36.0 Å². The summed E-state index contributed by atoms with van der Waals surface area (Å²) < 4.78 is 13.4. The highest BCUT2D eigenvalue weighted by atomic mass is 35.5. The maximum Gasteiger partial charge on any atom is 0.332 e. The highest BCUT2D eigenvalue weighted by molar-refractivity contribution is 7.58. The predicted octanol–water partition coefficient (Wildman–Crippen LogP) is 3.03. The van der Waals surface area contributed by atoms with Crippen LogP contribution in [0.5, 0.6) is 0 Å². The summed E-state index contributed by atoms with van der Waals surface area (Å²) >= 11 is 12.2. The fraction of sp³-hybridized carbons (Fsp3) is 0.533. The Balaban J connectivity index is 1.78. The van der Waals surface area contributed by atoms with Gasteiger partial charge in [-0.3, -0.25) is 14.4 Å². The van der Waals surface area contributed by atoms with E-state index in [4.69, 9.17) is 23.2 Å². The van der Waals surface area contributed by atoms with E-state index >= 15 is 0 Å². The van der Waals surface area contributed by atoms with Crippen LogP contribution in [0.3, 0.4) is 0 Å². The van der Waals surface area contributed by atoms with Crippen LogP contribution in [0.4, 0.5) is 0 Å². The summed E-state index contributed by atoms with van der Waals surface area (Å²) in [4.78, 5) is 12.7. The molecule has 0 spiro atoms. The second kappa shape index (κ2) is 8.35. The van der Waals surface area contributed by atoms with Crippen molar-refractivity contribution in [1.29, 1.82) is 0 Å². The number of hydrazine groups is 2. The first kappa shape index (κ1) is 19.1. The highest BCUT2D eigenvalue weighted by Gasteiger charge is 2.32. The molecule has 2 aliphatic rings. The van der Waals surface area contributed by atoms with Crippen molar-refractivity contribution in [1.82, 2.24) is 25.5 Å². The lowest BCUT2D eigenvalue weighted by Gasteiger charge is -2.30. The molecule has 0 aliphatic carbocycles. The number of hydrogen-bond donors (Lipinski definition) is 3. The Morgan fingerprint density at radius 3 is 1.80 bits per heavy atom. The molecule has 2 heterocycles. The van der Waals surface area contributed by atoms with E-state index in [0.29, 0.717) is 0 Å². The number of amides is 1. The summed E-state index contributed by atoms with van der Waals surface area (Å²) in [5, 5.41) is 12.7. The summed E-state index contributed by atoms with van der Waals surface area (Å²) in [6.07, 6.45) is 4.12. The molecular formula is C15H22Cl2N5O2P. The molecule has 1 aromatic carbocycles. The van der Waals surface area contributed by atoms with Gasteiger partial charge in [-0.2, -0.15) is 10.4 Å². The van der Waals surface area contributed by atoms with Crippen molar-refractivity contribution in [2.45, 2.75) is 25.7 Å². The lowest BCUT2D eigenvalue weighted by Crippen LogP contribution is -2.48. The standard InChI is InChI=1S/C15H22Cl2N5O2P/c16-12-6-5-7-13(17)14(12)15(23)18-25(24,19-21-8-1-2-9-21)20-22-10-3-4-11-22/h5-7H,1-4,8-11H2,(H3,18,19,20,23,24). The molecule has 2 aliphatic heterocycles. The monoisotopic (exact) mass is 405 g/mol. The Labute approximate surface area is 157 Å². The molecule has 138 valence electrons. The third-order valence-electron chi connectivity index (χ3n) is 4.23. The average Bonchev–Trinajstić information content (AvgIpc) is 3.20. The van der Waals surface area contributed by atoms with Crippen molar-refractivity contribution >= 4 is 36.7 Å². The zero-order valence-electron chi connectivity index (χ0n) is 13.8. The quantitative estimate of drug-likeness (QED) is 0.631. The van der Waals surface area contributed by atoms with E-state index < -0.39 is 13.5 Å². The van der Waals surface area contributed by atoms with Gasteiger partial charge in [0.25, 0.3) is 5.91 Å². The van der Waals surface area contributed by atoms with Crippen LogP contribution in [0, 0.1) is 0 Å². The van der Waals surface area contributed by atoms with E-state index in [1.54, 1.807) is 18.2 Å². The van der Waals surface area contributed by atoms with Crippen LogP contribution < -0.4 is 15.5 Å². The molecule has 25 heavy (non-hydrogen) atoms. The predicted molar refractivity (Wildman–Crippen MR) is 99.4 cm³/mol. The van der Waals surface area contributed by atoms with Gasteiger partial charge in [-0.15, -0.1) is 0 Å². The fourth-order valence-electron chi connectivity index (χ4n) is 3.02. The first-order valence-corrected chi connectivity index (χ1v) is 10.9. The molecule has 2 fully saturated rings. The van der Waals surface area contributed by atoms with Gasteiger partial charge >= 0.3 is 7.59 Å². The molecule has 0 atom stereocenters. The number of rotatable bonds is 6. The lowest BCUT2D eigenvalue weighted by atomic mass is 10.2. The first-order chi connectivity index (χ1) is 12.0. The van der Waals surface area contributed by atoms with Crippen LogP contribution in [0.15, 0.2) is 18.2 Å². The summed E-state index contributed by atoms with van der Waals surface area (Å²) in [6.45, 7) is 3.14. The normalized spacial score (nSPS) is 19.4. The Bertz CT molecular complexity index is 636. The molecule has 0 radical (unpaired) electrons. The number of hydrogen-bond acceptors (Lipinski definition) is 4. The molecule has 0 aromatic heterocycles. The molecule has 1 amide bonds. The maximum absolute atomic E-state index is 13.4. The van der Waals surface area contributed by atoms with Gasteiger partial charge in [0.15, 0.2) is 0 Å². The zero-order chi connectivity index (χ0) is 17.9. The van der Waals surface area contributed by atoms with Crippen molar-refractivity contribution in [3.05, 3.63) is 33.8 Å². The second-order valence-corrected chi connectivity index (χ2v) is 8.89. The van der Waals surface area contributed by atoms with Crippen molar-refractivity contribution in [3.8, 4) is 0 Å². The Kier molecular flexibility index (Phi) is 6.39. The van der Waals surface area contributed by atoms with Gasteiger partial charge in [0.1, 0.15) is 0 Å². The minimum atomic E-state index is -3.44. The van der Waals surface area contributed by atoms with Gasteiger partial charge in [-0.25, -0.2) is 10.0 Å². The number of halogens is 2.